The number of aliphatic hydroxyl groups excluding tert-OH is 1. The van der Waals surface area contributed by atoms with E-state index in [4.69, 9.17) is 9.84 Å². The molecule has 0 aliphatic carbocycles. The van der Waals surface area contributed by atoms with Gasteiger partial charge < -0.3 is 15.2 Å². The first-order chi connectivity index (χ1) is 9.02. The lowest BCUT2D eigenvalue weighted by atomic mass is 10.2. The lowest BCUT2D eigenvalue weighted by Crippen LogP contribution is -2.41. The van der Waals surface area contributed by atoms with E-state index in [0.717, 1.165) is 12.0 Å². The Morgan fingerprint density at radius 1 is 1.32 bits per heavy atom. The first-order valence-electron chi connectivity index (χ1n) is 6.67. The molecule has 2 N–H and O–H groups in total. The summed E-state index contributed by atoms with van der Waals surface area (Å²) >= 11 is 0. The number of nitrogens with one attached hydrogen (secondary N) is 1. The zero-order valence-electron chi connectivity index (χ0n) is 11.8. The number of ether oxygens (including phenoxy) is 1. The third-order valence-corrected chi connectivity index (χ3v) is 2.89. The molecule has 4 nitrogen and oxygen atoms in total. The number of aliphatic hydroxyl groups is 1. The molecular formula is C15H23NO3. The molecule has 106 valence electrons. The average molecular weight is 265 g/mol. The highest BCUT2D eigenvalue weighted by atomic mass is 16.5. The monoisotopic (exact) mass is 265 g/mol. The third-order valence-electron chi connectivity index (χ3n) is 2.89. The quantitative estimate of drug-likeness (QED) is 0.793. The molecule has 2 unspecified atom stereocenters. The van der Waals surface area contributed by atoms with Crippen LogP contribution >= 0.6 is 0 Å². The van der Waals surface area contributed by atoms with Gasteiger partial charge in [-0.2, -0.15) is 0 Å². The van der Waals surface area contributed by atoms with Gasteiger partial charge in [-0.3, -0.25) is 4.79 Å². The Balaban J connectivity index is 2.42. The van der Waals surface area contributed by atoms with Gasteiger partial charge in [0.1, 0.15) is 5.75 Å². The Kier molecular flexibility index (Phi) is 6.36. The highest BCUT2D eigenvalue weighted by Crippen LogP contribution is 2.13. The van der Waals surface area contributed by atoms with E-state index in [-0.39, 0.29) is 18.6 Å². The second kappa shape index (κ2) is 7.79. The molecule has 0 bridgehead atoms. The Hall–Kier alpha value is -1.55. The van der Waals surface area contributed by atoms with Gasteiger partial charge in [0.05, 0.1) is 0 Å². The van der Waals surface area contributed by atoms with Crippen LogP contribution in [0.1, 0.15) is 32.3 Å². The Morgan fingerprint density at radius 3 is 2.53 bits per heavy atom. The largest absolute Gasteiger partial charge is 0.481 e. The molecule has 0 spiro atoms. The maximum atomic E-state index is 11.9. The zero-order valence-corrected chi connectivity index (χ0v) is 11.8. The summed E-state index contributed by atoms with van der Waals surface area (Å²) < 4.78 is 5.58. The fourth-order valence-corrected chi connectivity index (χ4v) is 1.70. The van der Waals surface area contributed by atoms with Crippen LogP contribution in [0.3, 0.4) is 0 Å². The molecule has 0 heterocycles. The predicted molar refractivity (Wildman–Crippen MR) is 75.2 cm³/mol. The fourth-order valence-electron chi connectivity index (χ4n) is 1.70. The average Bonchev–Trinajstić information content (AvgIpc) is 2.39. The fraction of sp³-hybridized carbons (Fsp3) is 0.533. The van der Waals surface area contributed by atoms with E-state index in [1.807, 2.05) is 38.1 Å². The maximum Gasteiger partial charge on any atom is 0.260 e. The molecule has 0 fully saturated rings. The summed E-state index contributed by atoms with van der Waals surface area (Å²) in [5, 5.41) is 11.6. The molecule has 2 atom stereocenters. The van der Waals surface area contributed by atoms with Crippen molar-refractivity contribution in [3.63, 3.8) is 0 Å². The van der Waals surface area contributed by atoms with E-state index >= 15 is 0 Å². The number of carbonyl (C=O) groups excluding carboxylic acids is 1. The van der Waals surface area contributed by atoms with Gasteiger partial charge >= 0.3 is 0 Å². The molecule has 1 amide bonds. The van der Waals surface area contributed by atoms with Gasteiger partial charge in [0, 0.05) is 12.6 Å². The molecule has 0 saturated carbocycles. The lowest BCUT2D eigenvalue weighted by molar-refractivity contribution is -0.127. The van der Waals surface area contributed by atoms with Gasteiger partial charge in [-0.15, -0.1) is 0 Å². The van der Waals surface area contributed by atoms with Gasteiger partial charge in [0.15, 0.2) is 6.10 Å². The summed E-state index contributed by atoms with van der Waals surface area (Å²) in [6.07, 6.45) is 0.924. The van der Waals surface area contributed by atoms with Crippen LogP contribution in [0, 0.1) is 6.92 Å². The number of hydrogen-bond donors (Lipinski definition) is 2. The molecule has 0 aromatic heterocycles. The van der Waals surface area contributed by atoms with Crippen LogP contribution in [0.25, 0.3) is 0 Å². The van der Waals surface area contributed by atoms with Crippen molar-refractivity contribution in [2.45, 2.75) is 45.8 Å². The van der Waals surface area contributed by atoms with Crippen LogP contribution in [0.5, 0.6) is 5.75 Å². The van der Waals surface area contributed by atoms with Crippen molar-refractivity contribution in [3.8, 4) is 5.75 Å². The predicted octanol–water partition coefficient (Wildman–Crippen LogP) is 2.04. The summed E-state index contributed by atoms with van der Waals surface area (Å²) in [6, 6.07) is 7.65. The molecule has 1 aromatic carbocycles. The first kappa shape index (κ1) is 15.5. The van der Waals surface area contributed by atoms with E-state index in [1.165, 1.54) is 0 Å². The number of carbonyl (C=O) groups is 1. The van der Waals surface area contributed by atoms with Gasteiger partial charge in [0.25, 0.3) is 5.91 Å². The summed E-state index contributed by atoms with van der Waals surface area (Å²) in [6.45, 7) is 5.80. The number of aryl methyl sites for hydroxylation is 1. The van der Waals surface area contributed by atoms with E-state index in [9.17, 15) is 4.79 Å². The topological polar surface area (TPSA) is 58.6 Å². The Morgan fingerprint density at radius 2 is 1.95 bits per heavy atom. The van der Waals surface area contributed by atoms with Crippen LogP contribution in [-0.4, -0.2) is 29.8 Å². The standard InChI is InChI=1S/C15H23NO3/c1-11-6-8-14(9-7-11)19-13(3)15(18)16-12(2)5-4-10-17/h6-9,12-13,17H,4-5,10H2,1-3H3,(H,16,18). The second-order valence-corrected chi connectivity index (χ2v) is 4.85. The lowest BCUT2D eigenvalue weighted by Gasteiger charge is -2.18. The SMILES string of the molecule is Cc1ccc(OC(C)C(=O)NC(C)CCCO)cc1. The van der Waals surface area contributed by atoms with Crippen molar-refractivity contribution in [3.05, 3.63) is 29.8 Å². The number of benzene rings is 1. The molecule has 19 heavy (non-hydrogen) atoms. The maximum absolute atomic E-state index is 11.9. The van der Waals surface area contributed by atoms with Gasteiger partial charge in [-0.25, -0.2) is 0 Å². The molecule has 4 heteroatoms. The summed E-state index contributed by atoms with van der Waals surface area (Å²) in [5.74, 6) is 0.558. The minimum Gasteiger partial charge on any atom is -0.481 e. The van der Waals surface area contributed by atoms with E-state index in [2.05, 4.69) is 5.32 Å². The molecule has 0 aliphatic heterocycles. The summed E-state index contributed by atoms with van der Waals surface area (Å²) in [5.41, 5.74) is 1.15. The van der Waals surface area contributed by atoms with Crippen LogP contribution in [0.15, 0.2) is 24.3 Å². The van der Waals surface area contributed by atoms with Crippen LogP contribution < -0.4 is 10.1 Å². The summed E-state index contributed by atoms with van der Waals surface area (Å²) in [7, 11) is 0. The molecular weight excluding hydrogens is 242 g/mol. The number of amides is 1. The van der Waals surface area contributed by atoms with E-state index < -0.39 is 6.10 Å². The van der Waals surface area contributed by atoms with Crippen molar-refractivity contribution in [2.75, 3.05) is 6.61 Å². The smallest absolute Gasteiger partial charge is 0.260 e. The molecule has 1 aromatic rings. The molecule has 0 aliphatic rings. The molecule has 0 radical (unpaired) electrons. The minimum absolute atomic E-state index is 0.0451. The van der Waals surface area contributed by atoms with Crippen molar-refractivity contribution in [1.82, 2.24) is 5.32 Å². The number of hydrogen-bond acceptors (Lipinski definition) is 3. The zero-order chi connectivity index (χ0) is 14.3. The van der Waals surface area contributed by atoms with Gasteiger partial charge in [-0.05, 0) is 45.7 Å². The molecule has 0 saturated heterocycles. The first-order valence-corrected chi connectivity index (χ1v) is 6.67. The summed E-state index contributed by atoms with van der Waals surface area (Å²) in [4.78, 5) is 11.9. The molecule has 1 rings (SSSR count). The van der Waals surface area contributed by atoms with Crippen LogP contribution in [0.2, 0.25) is 0 Å². The van der Waals surface area contributed by atoms with Gasteiger partial charge in [-0.1, -0.05) is 17.7 Å². The highest BCUT2D eigenvalue weighted by molar-refractivity contribution is 5.80. The van der Waals surface area contributed by atoms with Crippen molar-refractivity contribution in [1.29, 1.82) is 0 Å². The van der Waals surface area contributed by atoms with Crippen molar-refractivity contribution >= 4 is 5.91 Å². The van der Waals surface area contributed by atoms with Crippen LogP contribution in [0.4, 0.5) is 0 Å². The normalized spacial score (nSPS) is 13.7. The van der Waals surface area contributed by atoms with E-state index in [1.54, 1.807) is 6.92 Å². The third kappa shape index (κ3) is 5.75. The second-order valence-electron chi connectivity index (χ2n) is 4.85. The Labute approximate surface area is 114 Å². The van der Waals surface area contributed by atoms with Crippen molar-refractivity contribution in [2.24, 2.45) is 0 Å². The van der Waals surface area contributed by atoms with Crippen molar-refractivity contribution < 1.29 is 14.6 Å². The van der Waals surface area contributed by atoms with Gasteiger partial charge in [0.2, 0.25) is 0 Å². The number of rotatable bonds is 7. The van der Waals surface area contributed by atoms with E-state index in [0.29, 0.717) is 12.2 Å². The van der Waals surface area contributed by atoms with Crippen LogP contribution in [-0.2, 0) is 4.79 Å². The minimum atomic E-state index is -0.528. The highest BCUT2D eigenvalue weighted by Gasteiger charge is 2.16. The Bertz CT molecular complexity index is 389.